The van der Waals surface area contributed by atoms with Gasteiger partial charge in [-0.15, -0.1) is 0 Å². The minimum absolute atomic E-state index is 0.213. The highest BCUT2D eigenvalue weighted by Crippen LogP contribution is 2.38. The zero-order valence-electron chi connectivity index (χ0n) is 11.7. The lowest BCUT2D eigenvalue weighted by molar-refractivity contribution is -0.109. The Morgan fingerprint density at radius 1 is 1.11 bits per heavy atom. The van der Waals surface area contributed by atoms with Gasteiger partial charge in [0, 0.05) is 19.2 Å². The second-order valence-electron chi connectivity index (χ2n) is 6.15. The summed E-state index contributed by atoms with van der Waals surface area (Å²) in [6, 6.07) is 11.3. The van der Waals surface area contributed by atoms with Crippen LogP contribution in [0.25, 0.3) is 0 Å². The fourth-order valence-corrected chi connectivity index (χ4v) is 3.60. The van der Waals surface area contributed by atoms with Crippen LogP contribution in [-0.4, -0.2) is 18.2 Å². The summed E-state index contributed by atoms with van der Waals surface area (Å²) in [5.41, 5.74) is 1.59. The van der Waals surface area contributed by atoms with Gasteiger partial charge >= 0.3 is 0 Å². The van der Waals surface area contributed by atoms with E-state index in [1.807, 2.05) is 0 Å². The normalized spacial score (nSPS) is 26.4. The number of ether oxygens (including phenoxy) is 1. The van der Waals surface area contributed by atoms with Crippen molar-refractivity contribution in [3.05, 3.63) is 35.9 Å². The molecule has 0 amide bonds. The molecule has 104 valence electrons. The fourth-order valence-electron chi connectivity index (χ4n) is 3.60. The minimum atomic E-state index is 0.213. The Kier molecular flexibility index (Phi) is 4.19. The van der Waals surface area contributed by atoms with Crippen molar-refractivity contribution >= 4 is 0 Å². The summed E-state index contributed by atoms with van der Waals surface area (Å²) in [4.78, 5) is 0. The van der Waals surface area contributed by atoms with Crippen LogP contribution in [0.4, 0.5) is 0 Å². The maximum Gasteiger partial charge on any atom is 0.0697 e. The Balaban J connectivity index is 1.53. The van der Waals surface area contributed by atoms with Crippen molar-refractivity contribution in [2.24, 2.45) is 0 Å². The van der Waals surface area contributed by atoms with Gasteiger partial charge in [-0.25, -0.2) is 0 Å². The average molecular weight is 259 g/mol. The van der Waals surface area contributed by atoms with Crippen LogP contribution in [0, 0.1) is 0 Å². The average Bonchev–Trinajstić information content (AvgIpc) is 2.47. The van der Waals surface area contributed by atoms with Crippen LogP contribution in [0.3, 0.4) is 0 Å². The molecule has 1 aliphatic carbocycles. The molecular formula is C17H25NO. The van der Waals surface area contributed by atoms with Crippen molar-refractivity contribution in [3.8, 4) is 0 Å². The molecule has 19 heavy (non-hydrogen) atoms. The molecular weight excluding hydrogens is 234 g/mol. The molecule has 3 rings (SSSR count). The van der Waals surface area contributed by atoms with Crippen LogP contribution in [-0.2, 0) is 11.3 Å². The number of rotatable bonds is 3. The van der Waals surface area contributed by atoms with Crippen molar-refractivity contribution < 1.29 is 4.74 Å². The van der Waals surface area contributed by atoms with Crippen molar-refractivity contribution in [2.75, 3.05) is 6.61 Å². The van der Waals surface area contributed by atoms with E-state index in [-0.39, 0.29) is 5.60 Å². The first-order valence-corrected chi connectivity index (χ1v) is 7.78. The number of hydrogen-bond acceptors (Lipinski definition) is 2. The van der Waals surface area contributed by atoms with Crippen LogP contribution in [0.2, 0.25) is 0 Å². The van der Waals surface area contributed by atoms with Crippen LogP contribution in [0.1, 0.15) is 50.5 Å². The summed E-state index contributed by atoms with van der Waals surface area (Å²) in [5, 5.41) is 3.73. The Labute approximate surface area is 116 Å². The molecule has 0 radical (unpaired) electrons. The molecule has 1 saturated carbocycles. The fraction of sp³-hybridized carbons (Fsp3) is 0.647. The largest absolute Gasteiger partial charge is 0.375 e. The highest BCUT2D eigenvalue weighted by atomic mass is 16.5. The molecule has 2 nitrogen and oxygen atoms in total. The number of hydrogen-bond donors (Lipinski definition) is 1. The third-order valence-corrected chi connectivity index (χ3v) is 4.70. The second-order valence-corrected chi connectivity index (χ2v) is 6.15. The Morgan fingerprint density at radius 2 is 1.89 bits per heavy atom. The highest BCUT2D eigenvalue weighted by molar-refractivity contribution is 5.14. The molecule has 1 aromatic carbocycles. The van der Waals surface area contributed by atoms with Gasteiger partial charge in [-0.05, 0) is 31.2 Å². The first-order chi connectivity index (χ1) is 9.36. The highest BCUT2D eigenvalue weighted by Gasteiger charge is 2.38. The third-order valence-electron chi connectivity index (χ3n) is 4.70. The second kappa shape index (κ2) is 6.06. The lowest BCUT2D eigenvalue weighted by Gasteiger charge is -2.43. The first kappa shape index (κ1) is 13.1. The summed E-state index contributed by atoms with van der Waals surface area (Å²) in [5.74, 6) is 0. The van der Waals surface area contributed by atoms with E-state index in [0.29, 0.717) is 6.04 Å². The van der Waals surface area contributed by atoms with Gasteiger partial charge in [0.2, 0.25) is 0 Å². The van der Waals surface area contributed by atoms with Crippen LogP contribution in [0.15, 0.2) is 30.3 Å². The van der Waals surface area contributed by atoms with E-state index in [4.69, 9.17) is 4.74 Å². The lowest BCUT2D eigenvalue weighted by atomic mass is 9.78. The molecule has 0 bridgehead atoms. The standard InChI is InChI=1S/C17H25NO/c1-3-7-15(8-4-1)14-18-16-9-12-19-17(13-16)10-5-2-6-11-17/h1,3-4,7-8,16,18H,2,5-6,9-14H2. The molecule has 1 heterocycles. The molecule has 1 spiro atoms. The Hall–Kier alpha value is -0.860. The van der Waals surface area contributed by atoms with Gasteiger partial charge in [0.15, 0.2) is 0 Å². The Morgan fingerprint density at radius 3 is 2.68 bits per heavy atom. The zero-order valence-corrected chi connectivity index (χ0v) is 11.7. The summed E-state index contributed by atoms with van der Waals surface area (Å²) in [7, 11) is 0. The van der Waals surface area contributed by atoms with Crippen molar-refractivity contribution in [1.82, 2.24) is 5.32 Å². The smallest absolute Gasteiger partial charge is 0.0697 e. The quantitative estimate of drug-likeness (QED) is 0.894. The van der Waals surface area contributed by atoms with E-state index in [1.165, 1.54) is 44.1 Å². The SMILES string of the molecule is c1ccc(CNC2CCOC3(CCCCC3)C2)cc1. The van der Waals surface area contributed by atoms with Crippen LogP contribution >= 0.6 is 0 Å². The van der Waals surface area contributed by atoms with Gasteiger partial charge in [0.1, 0.15) is 0 Å². The maximum atomic E-state index is 6.15. The van der Waals surface area contributed by atoms with Crippen LogP contribution < -0.4 is 5.32 Å². The topological polar surface area (TPSA) is 21.3 Å². The van der Waals surface area contributed by atoms with E-state index < -0.39 is 0 Å². The molecule has 2 heteroatoms. The lowest BCUT2D eigenvalue weighted by Crippen LogP contribution is -2.47. The summed E-state index contributed by atoms with van der Waals surface area (Å²) in [6.07, 6.45) is 9.02. The number of nitrogens with one attached hydrogen (secondary N) is 1. The minimum Gasteiger partial charge on any atom is -0.375 e. The van der Waals surface area contributed by atoms with E-state index in [1.54, 1.807) is 0 Å². The molecule has 1 atom stereocenters. The predicted molar refractivity (Wildman–Crippen MR) is 78.1 cm³/mol. The monoisotopic (exact) mass is 259 g/mol. The predicted octanol–water partition coefficient (Wildman–Crippen LogP) is 3.66. The summed E-state index contributed by atoms with van der Waals surface area (Å²) >= 11 is 0. The molecule has 2 fully saturated rings. The molecule has 1 aromatic rings. The van der Waals surface area contributed by atoms with Crippen molar-refractivity contribution in [1.29, 1.82) is 0 Å². The molecule has 1 N–H and O–H groups in total. The van der Waals surface area contributed by atoms with Crippen LogP contribution in [0.5, 0.6) is 0 Å². The van der Waals surface area contributed by atoms with Gasteiger partial charge < -0.3 is 10.1 Å². The maximum absolute atomic E-state index is 6.15. The third kappa shape index (κ3) is 3.37. The van der Waals surface area contributed by atoms with Gasteiger partial charge in [0.25, 0.3) is 0 Å². The summed E-state index contributed by atoms with van der Waals surface area (Å²) in [6.45, 7) is 1.92. The zero-order chi connectivity index (χ0) is 13.0. The van der Waals surface area contributed by atoms with Crippen molar-refractivity contribution in [3.63, 3.8) is 0 Å². The van der Waals surface area contributed by atoms with Gasteiger partial charge in [-0.1, -0.05) is 49.6 Å². The van der Waals surface area contributed by atoms with E-state index in [0.717, 1.165) is 19.6 Å². The molecule has 0 aromatic heterocycles. The molecule has 1 unspecified atom stereocenters. The van der Waals surface area contributed by atoms with Gasteiger partial charge in [-0.2, -0.15) is 0 Å². The van der Waals surface area contributed by atoms with Gasteiger partial charge in [0.05, 0.1) is 5.60 Å². The van der Waals surface area contributed by atoms with E-state index in [2.05, 4.69) is 35.6 Å². The molecule has 1 saturated heterocycles. The van der Waals surface area contributed by atoms with Gasteiger partial charge in [-0.3, -0.25) is 0 Å². The van der Waals surface area contributed by atoms with E-state index >= 15 is 0 Å². The Bertz CT molecular complexity index is 378. The first-order valence-electron chi connectivity index (χ1n) is 7.78. The summed E-state index contributed by atoms with van der Waals surface area (Å²) < 4.78 is 6.15. The van der Waals surface area contributed by atoms with E-state index in [9.17, 15) is 0 Å². The number of benzene rings is 1. The molecule has 1 aliphatic heterocycles. The molecule has 2 aliphatic rings. The van der Waals surface area contributed by atoms with Crippen molar-refractivity contribution in [2.45, 2.75) is 63.1 Å².